The first-order valence-corrected chi connectivity index (χ1v) is 8.40. The third-order valence-electron chi connectivity index (χ3n) is 3.26. The van der Waals surface area contributed by atoms with Gasteiger partial charge in [-0.2, -0.15) is 0 Å². The molecule has 0 aromatic heterocycles. The predicted molar refractivity (Wildman–Crippen MR) is 87.9 cm³/mol. The molecule has 0 heterocycles. The molecule has 0 atom stereocenters. The zero-order chi connectivity index (χ0) is 17.0. The van der Waals surface area contributed by atoms with Gasteiger partial charge < -0.3 is 10.1 Å². The SMILES string of the molecule is COc1ccc(S(N)(=O)=O)cc1NC(=O)Cc1ccc(C)cc1. The number of aryl methyl sites for hydroxylation is 1. The Hall–Kier alpha value is -2.38. The van der Waals surface area contributed by atoms with Crippen LogP contribution in [0.3, 0.4) is 0 Å². The Labute approximate surface area is 135 Å². The molecule has 0 aliphatic rings. The lowest BCUT2D eigenvalue weighted by Crippen LogP contribution is -2.17. The van der Waals surface area contributed by atoms with Crippen molar-refractivity contribution in [1.29, 1.82) is 0 Å². The van der Waals surface area contributed by atoms with E-state index >= 15 is 0 Å². The summed E-state index contributed by atoms with van der Waals surface area (Å²) in [6.07, 6.45) is 0.170. The first-order chi connectivity index (χ1) is 10.8. The van der Waals surface area contributed by atoms with Crippen LogP contribution >= 0.6 is 0 Å². The van der Waals surface area contributed by atoms with Crippen LogP contribution in [-0.4, -0.2) is 21.4 Å². The van der Waals surface area contributed by atoms with E-state index in [0.717, 1.165) is 11.1 Å². The van der Waals surface area contributed by atoms with E-state index in [9.17, 15) is 13.2 Å². The van der Waals surface area contributed by atoms with Crippen LogP contribution in [0.15, 0.2) is 47.4 Å². The minimum Gasteiger partial charge on any atom is -0.495 e. The third-order valence-corrected chi connectivity index (χ3v) is 4.17. The Kier molecular flexibility index (Phi) is 5.02. The van der Waals surface area contributed by atoms with Gasteiger partial charge in [0.05, 0.1) is 24.1 Å². The van der Waals surface area contributed by atoms with E-state index in [4.69, 9.17) is 9.88 Å². The highest BCUT2D eigenvalue weighted by atomic mass is 32.2. The van der Waals surface area contributed by atoms with Gasteiger partial charge in [0.25, 0.3) is 0 Å². The summed E-state index contributed by atoms with van der Waals surface area (Å²) in [6.45, 7) is 1.97. The average Bonchev–Trinajstić information content (AvgIpc) is 2.48. The van der Waals surface area contributed by atoms with Crippen molar-refractivity contribution >= 4 is 21.6 Å². The van der Waals surface area contributed by atoms with Gasteiger partial charge in [0.15, 0.2) is 0 Å². The lowest BCUT2D eigenvalue weighted by atomic mass is 10.1. The maximum atomic E-state index is 12.1. The lowest BCUT2D eigenvalue weighted by Gasteiger charge is -2.11. The van der Waals surface area contributed by atoms with Gasteiger partial charge >= 0.3 is 0 Å². The maximum absolute atomic E-state index is 12.1. The Balaban J connectivity index is 2.20. The number of hydrogen-bond acceptors (Lipinski definition) is 4. The molecule has 0 spiro atoms. The molecule has 0 saturated heterocycles. The molecule has 0 fully saturated rings. The van der Waals surface area contributed by atoms with Crippen molar-refractivity contribution in [1.82, 2.24) is 0 Å². The molecule has 23 heavy (non-hydrogen) atoms. The largest absolute Gasteiger partial charge is 0.495 e. The number of rotatable bonds is 5. The van der Waals surface area contributed by atoms with E-state index in [1.165, 1.54) is 25.3 Å². The molecule has 122 valence electrons. The van der Waals surface area contributed by atoms with Crippen molar-refractivity contribution < 1.29 is 17.9 Å². The van der Waals surface area contributed by atoms with Gasteiger partial charge in [0.1, 0.15) is 5.75 Å². The van der Waals surface area contributed by atoms with Gasteiger partial charge in [-0.3, -0.25) is 4.79 Å². The molecule has 0 saturated carbocycles. The van der Waals surface area contributed by atoms with Crippen LogP contribution in [-0.2, 0) is 21.2 Å². The maximum Gasteiger partial charge on any atom is 0.238 e. The number of sulfonamides is 1. The Morgan fingerprint density at radius 2 is 1.83 bits per heavy atom. The van der Waals surface area contributed by atoms with Crippen LogP contribution in [0.5, 0.6) is 5.75 Å². The molecule has 0 aliphatic carbocycles. The normalized spacial score (nSPS) is 11.1. The summed E-state index contributed by atoms with van der Waals surface area (Å²) in [4.78, 5) is 12.1. The monoisotopic (exact) mass is 334 g/mol. The summed E-state index contributed by atoms with van der Waals surface area (Å²) in [6, 6.07) is 11.6. The first kappa shape index (κ1) is 17.0. The van der Waals surface area contributed by atoms with Crippen molar-refractivity contribution in [2.75, 3.05) is 12.4 Å². The van der Waals surface area contributed by atoms with Crippen molar-refractivity contribution in [3.63, 3.8) is 0 Å². The Bertz CT molecular complexity index is 814. The summed E-state index contributed by atoms with van der Waals surface area (Å²) in [5.41, 5.74) is 2.22. The smallest absolute Gasteiger partial charge is 0.238 e. The number of carbonyl (C=O) groups excluding carboxylic acids is 1. The minimum absolute atomic E-state index is 0.0936. The van der Waals surface area contributed by atoms with Crippen LogP contribution in [0.2, 0.25) is 0 Å². The van der Waals surface area contributed by atoms with Crippen LogP contribution in [0.1, 0.15) is 11.1 Å². The number of carbonyl (C=O) groups is 1. The van der Waals surface area contributed by atoms with Gasteiger partial charge in [-0.05, 0) is 30.7 Å². The molecule has 2 rings (SSSR count). The van der Waals surface area contributed by atoms with Gasteiger partial charge in [-0.15, -0.1) is 0 Å². The Morgan fingerprint density at radius 3 is 2.39 bits per heavy atom. The van der Waals surface area contributed by atoms with Crippen LogP contribution in [0, 0.1) is 6.92 Å². The molecular formula is C16H18N2O4S. The summed E-state index contributed by atoms with van der Waals surface area (Å²) < 4.78 is 28.0. The molecular weight excluding hydrogens is 316 g/mol. The Morgan fingerprint density at radius 1 is 1.17 bits per heavy atom. The summed E-state index contributed by atoms with van der Waals surface area (Å²) in [7, 11) is -2.42. The van der Waals surface area contributed by atoms with Crippen molar-refractivity contribution in [3.8, 4) is 5.75 Å². The second kappa shape index (κ2) is 6.80. The average molecular weight is 334 g/mol. The van der Waals surface area contributed by atoms with Crippen LogP contribution in [0.25, 0.3) is 0 Å². The van der Waals surface area contributed by atoms with E-state index in [0.29, 0.717) is 5.75 Å². The van der Waals surface area contributed by atoms with E-state index in [2.05, 4.69) is 5.32 Å². The third kappa shape index (κ3) is 4.54. The number of ether oxygens (including phenoxy) is 1. The number of anilines is 1. The second-order valence-corrected chi connectivity index (χ2v) is 6.68. The van der Waals surface area contributed by atoms with Gasteiger partial charge in [0, 0.05) is 0 Å². The molecule has 7 heteroatoms. The quantitative estimate of drug-likeness (QED) is 0.871. The molecule has 3 N–H and O–H groups in total. The van der Waals surface area contributed by atoms with Crippen molar-refractivity contribution in [3.05, 3.63) is 53.6 Å². The number of nitrogens with two attached hydrogens (primary N) is 1. The highest BCUT2D eigenvalue weighted by Crippen LogP contribution is 2.27. The summed E-state index contributed by atoms with van der Waals surface area (Å²) in [5.74, 6) is 0.0772. The molecule has 6 nitrogen and oxygen atoms in total. The van der Waals surface area contributed by atoms with E-state index in [1.807, 2.05) is 31.2 Å². The molecule has 2 aromatic carbocycles. The molecule has 0 aliphatic heterocycles. The summed E-state index contributed by atoms with van der Waals surface area (Å²) >= 11 is 0. The highest BCUT2D eigenvalue weighted by molar-refractivity contribution is 7.89. The molecule has 0 bridgehead atoms. The number of hydrogen-bond donors (Lipinski definition) is 2. The van der Waals surface area contributed by atoms with E-state index in [-0.39, 0.29) is 22.9 Å². The molecule has 1 amide bonds. The number of methoxy groups -OCH3 is 1. The summed E-state index contributed by atoms with van der Waals surface area (Å²) in [5, 5.41) is 7.76. The fourth-order valence-electron chi connectivity index (χ4n) is 2.05. The van der Waals surface area contributed by atoms with Crippen LogP contribution < -0.4 is 15.2 Å². The zero-order valence-electron chi connectivity index (χ0n) is 12.9. The minimum atomic E-state index is -3.86. The molecule has 0 radical (unpaired) electrons. The topological polar surface area (TPSA) is 98.5 Å². The number of primary sulfonamides is 1. The van der Waals surface area contributed by atoms with Crippen molar-refractivity contribution in [2.24, 2.45) is 5.14 Å². The van der Waals surface area contributed by atoms with E-state index < -0.39 is 10.0 Å². The highest BCUT2D eigenvalue weighted by Gasteiger charge is 2.14. The number of amides is 1. The number of benzene rings is 2. The first-order valence-electron chi connectivity index (χ1n) is 6.86. The molecule has 0 unspecified atom stereocenters. The van der Waals surface area contributed by atoms with Crippen molar-refractivity contribution in [2.45, 2.75) is 18.2 Å². The lowest BCUT2D eigenvalue weighted by molar-refractivity contribution is -0.115. The van der Waals surface area contributed by atoms with Gasteiger partial charge in [0.2, 0.25) is 15.9 Å². The predicted octanol–water partition coefficient (Wildman–Crippen LogP) is 1.83. The zero-order valence-corrected chi connectivity index (χ0v) is 13.7. The fourth-order valence-corrected chi connectivity index (χ4v) is 2.59. The second-order valence-electron chi connectivity index (χ2n) is 5.12. The van der Waals surface area contributed by atoms with Gasteiger partial charge in [-0.1, -0.05) is 29.8 Å². The standard InChI is InChI=1S/C16H18N2O4S/c1-11-3-5-12(6-4-11)9-16(19)18-14-10-13(23(17,20)21)7-8-15(14)22-2/h3-8,10H,9H2,1-2H3,(H,18,19)(H2,17,20,21). The fraction of sp³-hybridized carbons (Fsp3) is 0.188. The number of nitrogens with one attached hydrogen (secondary N) is 1. The molecule has 2 aromatic rings. The van der Waals surface area contributed by atoms with Crippen LogP contribution in [0.4, 0.5) is 5.69 Å². The van der Waals surface area contributed by atoms with E-state index in [1.54, 1.807) is 0 Å². The van der Waals surface area contributed by atoms with Gasteiger partial charge in [-0.25, -0.2) is 13.6 Å².